The van der Waals surface area contributed by atoms with E-state index < -0.39 is 0 Å². The Kier molecular flexibility index (Phi) is 5.56. The number of methoxy groups -OCH3 is 1. The average Bonchev–Trinajstić information content (AvgIpc) is 2.71. The molecule has 2 N–H and O–H groups in total. The normalized spacial score (nSPS) is 27.7. The summed E-state index contributed by atoms with van der Waals surface area (Å²) in [4.78, 5) is 10.8. The number of rotatable bonds is 5. The fourth-order valence-corrected chi connectivity index (χ4v) is 2.36. The van der Waals surface area contributed by atoms with Gasteiger partial charge in [0.1, 0.15) is 4.83 Å². The molecule has 0 aliphatic heterocycles. The number of hydrogen-bond acceptors (Lipinski definition) is 4. The number of nitrogens with one attached hydrogen (secondary N) is 1. The van der Waals surface area contributed by atoms with Crippen LogP contribution >= 0.6 is 15.9 Å². The highest BCUT2D eigenvalue weighted by Crippen LogP contribution is 2.25. The molecule has 3 atom stereocenters. The highest BCUT2D eigenvalue weighted by molar-refractivity contribution is 9.10. The number of hydrogen-bond donors (Lipinski definition) is 2. The van der Waals surface area contributed by atoms with E-state index >= 15 is 0 Å². The Hall–Kier alpha value is -0.130. The summed E-state index contributed by atoms with van der Waals surface area (Å²) in [6.07, 6.45) is 3.29. The fourth-order valence-electron chi connectivity index (χ4n) is 1.99. The minimum absolute atomic E-state index is 0.225. The highest BCUT2D eigenvalue weighted by atomic mass is 79.9. The van der Waals surface area contributed by atoms with Gasteiger partial charge in [0.05, 0.1) is 7.11 Å². The molecular weight excluding hydrogens is 262 g/mol. The first-order chi connectivity index (χ1) is 7.19. The number of carbonyl (C=O) groups is 1. The van der Waals surface area contributed by atoms with Crippen molar-refractivity contribution in [1.29, 1.82) is 0 Å². The van der Waals surface area contributed by atoms with E-state index in [4.69, 9.17) is 5.11 Å². The smallest absolute Gasteiger partial charge is 0.320 e. The van der Waals surface area contributed by atoms with E-state index in [0.29, 0.717) is 18.5 Å². The van der Waals surface area contributed by atoms with Gasteiger partial charge in [0.25, 0.3) is 0 Å². The van der Waals surface area contributed by atoms with Crippen molar-refractivity contribution in [1.82, 2.24) is 5.32 Å². The predicted octanol–water partition coefficient (Wildman–Crippen LogP) is 0.673. The zero-order valence-electron chi connectivity index (χ0n) is 8.91. The minimum Gasteiger partial charge on any atom is -0.468 e. The summed E-state index contributed by atoms with van der Waals surface area (Å²) in [5.74, 6) is 0.0726. The predicted molar refractivity (Wildman–Crippen MR) is 60.9 cm³/mol. The molecular formula is C10H18BrNO3. The lowest BCUT2D eigenvalue weighted by Gasteiger charge is -2.20. The molecule has 5 heteroatoms. The summed E-state index contributed by atoms with van der Waals surface area (Å²) >= 11 is 3.25. The minimum atomic E-state index is -0.303. The van der Waals surface area contributed by atoms with E-state index in [0.717, 1.165) is 19.3 Å². The van der Waals surface area contributed by atoms with E-state index in [2.05, 4.69) is 26.0 Å². The molecule has 3 unspecified atom stereocenters. The first kappa shape index (κ1) is 12.9. The van der Waals surface area contributed by atoms with E-state index in [-0.39, 0.29) is 17.4 Å². The molecule has 1 fully saturated rings. The van der Waals surface area contributed by atoms with Gasteiger partial charge in [-0.15, -0.1) is 0 Å². The first-order valence-corrected chi connectivity index (χ1v) is 6.16. The molecule has 15 heavy (non-hydrogen) atoms. The lowest BCUT2D eigenvalue weighted by atomic mass is 10.1. The van der Waals surface area contributed by atoms with Crippen LogP contribution in [0.4, 0.5) is 0 Å². The van der Waals surface area contributed by atoms with Gasteiger partial charge in [0, 0.05) is 19.2 Å². The van der Waals surface area contributed by atoms with Gasteiger partial charge < -0.3 is 15.2 Å². The van der Waals surface area contributed by atoms with Crippen LogP contribution in [0, 0.1) is 5.92 Å². The molecule has 1 aliphatic rings. The lowest BCUT2D eigenvalue weighted by Crippen LogP contribution is -2.39. The summed E-state index contributed by atoms with van der Waals surface area (Å²) < 4.78 is 4.61. The molecule has 0 aromatic rings. The van der Waals surface area contributed by atoms with Crippen LogP contribution < -0.4 is 5.32 Å². The molecule has 4 nitrogen and oxygen atoms in total. The Morgan fingerprint density at radius 1 is 1.67 bits per heavy atom. The van der Waals surface area contributed by atoms with Crippen LogP contribution in [0.3, 0.4) is 0 Å². The van der Waals surface area contributed by atoms with Gasteiger partial charge in [0.2, 0.25) is 0 Å². The second kappa shape index (κ2) is 6.45. The van der Waals surface area contributed by atoms with Crippen LogP contribution in [-0.4, -0.2) is 42.2 Å². The molecule has 1 aliphatic carbocycles. The molecule has 0 aromatic carbocycles. The largest absolute Gasteiger partial charge is 0.468 e. The third-order valence-corrected chi connectivity index (χ3v) is 3.61. The van der Waals surface area contributed by atoms with Gasteiger partial charge in [-0.2, -0.15) is 0 Å². The maximum absolute atomic E-state index is 11.1. The van der Waals surface area contributed by atoms with E-state index in [1.54, 1.807) is 0 Å². The van der Waals surface area contributed by atoms with Gasteiger partial charge in [-0.3, -0.25) is 4.79 Å². The highest BCUT2D eigenvalue weighted by Gasteiger charge is 2.27. The Bertz CT molecular complexity index is 213. The maximum Gasteiger partial charge on any atom is 0.320 e. The second-order valence-corrected chi connectivity index (χ2v) is 4.98. The van der Waals surface area contributed by atoms with Crippen LogP contribution in [0.15, 0.2) is 0 Å². The third-order valence-electron chi connectivity index (χ3n) is 2.91. The van der Waals surface area contributed by atoms with Crippen LogP contribution in [0.5, 0.6) is 0 Å². The molecule has 88 valence electrons. The van der Waals surface area contributed by atoms with Crippen LogP contribution in [-0.2, 0) is 9.53 Å². The average molecular weight is 280 g/mol. The SMILES string of the molecule is COC(=O)C(Br)CNC1CCCC1CO. The van der Waals surface area contributed by atoms with Crippen molar-refractivity contribution in [3.05, 3.63) is 0 Å². The van der Waals surface area contributed by atoms with Crippen molar-refractivity contribution in [2.75, 3.05) is 20.3 Å². The molecule has 0 heterocycles. The van der Waals surface area contributed by atoms with E-state index in [9.17, 15) is 4.79 Å². The number of halogens is 1. The molecule has 0 spiro atoms. The summed E-state index contributed by atoms with van der Waals surface area (Å²) in [6.45, 7) is 0.774. The molecule has 1 rings (SSSR count). The van der Waals surface area contributed by atoms with Crippen molar-refractivity contribution in [2.45, 2.75) is 30.1 Å². The first-order valence-electron chi connectivity index (χ1n) is 5.25. The van der Waals surface area contributed by atoms with Crippen molar-refractivity contribution in [3.8, 4) is 0 Å². The van der Waals surface area contributed by atoms with Gasteiger partial charge >= 0.3 is 5.97 Å². The number of alkyl halides is 1. The second-order valence-electron chi connectivity index (χ2n) is 3.88. The van der Waals surface area contributed by atoms with E-state index in [1.165, 1.54) is 7.11 Å². The number of aliphatic hydroxyl groups excluding tert-OH is 1. The summed E-state index contributed by atoms with van der Waals surface area (Å²) in [7, 11) is 1.38. The van der Waals surface area contributed by atoms with Gasteiger partial charge in [-0.25, -0.2) is 0 Å². The molecule has 0 amide bonds. The maximum atomic E-state index is 11.1. The van der Waals surface area contributed by atoms with E-state index in [1.807, 2.05) is 0 Å². The van der Waals surface area contributed by atoms with Crippen molar-refractivity contribution in [3.63, 3.8) is 0 Å². The van der Waals surface area contributed by atoms with Crippen LogP contribution in [0.1, 0.15) is 19.3 Å². The fraction of sp³-hybridized carbons (Fsp3) is 0.900. The quantitative estimate of drug-likeness (QED) is 0.574. The third kappa shape index (κ3) is 3.74. The Morgan fingerprint density at radius 2 is 2.40 bits per heavy atom. The summed E-state index contributed by atoms with van der Waals surface area (Å²) in [5, 5.41) is 12.4. The zero-order valence-corrected chi connectivity index (χ0v) is 10.5. The summed E-state index contributed by atoms with van der Waals surface area (Å²) in [5.41, 5.74) is 0. The van der Waals surface area contributed by atoms with Gasteiger partial charge in [-0.1, -0.05) is 22.4 Å². The zero-order chi connectivity index (χ0) is 11.3. The number of esters is 1. The van der Waals surface area contributed by atoms with Crippen molar-refractivity contribution >= 4 is 21.9 Å². The molecule has 0 aromatic heterocycles. The molecule has 0 radical (unpaired) electrons. The number of carbonyl (C=O) groups excluding carboxylic acids is 1. The van der Waals surface area contributed by atoms with Crippen LogP contribution in [0.25, 0.3) is 0 Å². The molecule has 0 bridgehead atoms. The van der Waals surface area contributed by atoms with Crippen molar-refractivity contribution in [2.24, 2.45) is 5.92 Å². The van der Waals surface area contributed by atoms with Gasteiger partial charge in [-0.05, 0) is 18.8 Å². The van der Waals surface area contributed by atoms with Crippen molar-refractivity contribution < 1.29 is 14.6 Å². The number of ether oxygens (including phenoxy) is 1. The standard InChI is InChI=1S/C10H18BrNO3/c1-15-10(14)8(11)5-12-9-4-2-3-7(9)6-13/h7-9,12-13H,2-6H2,1H3. The molecule has 1 saturated carbocycles. The molecule has 0 saturated heterocycles. The van der Waals surface area contributed by atoms with Gasteiger partial charge in [0.15, 0.2) is 0 Å². The topological polar surface area (TPSA) is 58.6 Å². The Labute approximate surface area is 98.5 Å². The lowest BCUT2D eigenvalue weighted by molar-refractivity contribution is -0.139. The Balaban J connectivity index is 2.27. The summed E-state index contributed by atoms with van der Waals surface area (Å²) in [6, 6.07) is 0.333. The number of aliphatic hydroxyl groups is 1. The Morgan fingerprint density at radius 3 is 3.00 bits per heavy atom. The monoisotopic (exact) mass is 279 g/mol. The van der Waals surface area contributed by atoms with Crippen LogP contribution in [0.2, 0.25) is 0 Å².